The van der Waals surface area contributed by atoms with Crippen LogP contribution in [-0.4, -0.2) is 48.2 Å². The van der Waals surface area contributed by atoms with Crippen LogP contribution in [0.3, 0.4) is 0 Å². The predicted octanol–water partition coefficient (Wildman–Crippen LogP) is 2.80. The van der Waals surface area contributed by atoms with Crippen molar-refractivity contribution >= 4 is 24.2 Å². The lowest BCUT2D eigenvalue weighted by Crippen LogP contribution is -2.46. The highest BCUT2D eigenvalue weighted by Gasteiger charge is 2.23. The van der Waals surface area contributed by atoms with Gasteiger partial charge in [-0.2, -0.15) is 0 Å². The van der Waals surface area contributed by atoms with E-state index in [1.807, 2.05) is 6.07 Å². The fourth-order valence-corrected chi connectivity index (χ4v) is 2.90. The van der Waals surface area contributed by atoms with E-state index in [2.05, 4.69) is 48.4 Å². The van der Waals surface area contributed by atoms with Crippen LogP contribution in [0.5, 0.6) is 0 Å². The van der Waals surface area contributed by atoms with Crippen molar-refractivity contribution in [2.45, 2.75) is 58.4 Å². The highest BCUT2D eigenvalue weighted by atomic mass is 35.5. The van der Waals surface area contributed by atoms with Gasteiger partial charge in [-0.1, -0.05) is 32.9 Å². The molecular formula is C17H31ClN4O2. The van der Waals surface area contributed by atoms with E-state index in [9.17, 15) is 4.79 Å². The van der Waals surface area contributed by atoms with Crippen molar-refractivity contribution in [2.24, 2.45) is 0 Å². The minimum absolute atomic E-state index is 0. The summed E-state index contributed by atoms with van der Waals surface area (Å²) in [7, 11) is 0. The van der Waals surface area contributed by atoms with Crippen molar-refractivity contribution in [1.82, 2.24) is 15.4 Å². The van der Waals surface area contributed by atoms with Crippen molar-refractivity contribution in [3.05, 3.63) is 11.8 Å². The zero-order chi connectivity index (χ0) is 16.9. The second kappa shape index (κ2) is 9.39. The molecule has 1 aromatic heterocycles. The maximum Gasteiger partial charge on any atom is 0.240 e. The molecule has 1 aliphatic rings. The number of aromatic nitrogens is 1. The topological polar surface area (TPSA) is 70.4 Å². The standard InChI is InChI=1S/C17H30N4O2.ClH/c1-5-10-21(13-6-8-18-9-7-13)12-15(22)19-16-11-14(20-23-16)17(2,3)4;/h11,13,18H,5-10,12H2,1-4H3,(H,19,22);1H. The molecule has 0 atom stereocenters. The summed E-state index contributed by atoms with van der Waals surface area (Å²) < 4.78 is 5.24. The molecule has 0 aliphatic carbocycles. The van der Waals surface area contributed by atoms with Crippen LogP contribution >= 0.6 is 12.4 Å². The molecule has 0 unspecified atom stereocenters. The first-order valence-electron chi connectivity index (χ1n) is 8.62. The average Bonchev–Trinajstić information content (AvgIpc) is 2.96. The summed E-state index contributed by atoms with van der Waals surface area (Å²) in [5.41, 5.74) is 0.757. The molecule has 6 nitrogen and oxygen atoms in total. The lowest BCUT2D eigenvalue weighted by atomic mass is 9.92. The number of halogens is 1. The Morgan fingerprint density at radius 2 is 2.08 bits per heavy atom. The Kier molecular flexibility index (Phi) is 8.19. The van der Waals surface area contributed by atoms with Crippen LogP contribution in [0.2, 0.25) is 0 Å². The van der Waals surface area contributed by atoms with Gasteiger partial charge in [-0.15, -0.1) is 12.4 Å². The maximum absolute atomic E-state index is 12.3. The average molecular weight is 359 g/mol. The maximum atomic E-state index is 12.3. The summed E-state index contributed by atoms with van der Waals surface area (Å²) in [6, 6.07) is 2.30. The third-order valence-corrected chi connectivity index (χ3v) is 4.22. The Balaban J connectivity index is 0.00000288. The van der Waals surface area contributed by atoms with E-state index in [1.165, 1.54) is 0 Å². The molecule has 7 heteroatoms. The quantitative estimate of drug-likeness (QED) is 0.818. The highest BCUT2D eigenvalue weighted by Crippen LogP contribution is 2.23. The normalized spacial score (nSPS) is 16.0. The van der Waals surface area contributed by atoms with Crippen molar-refractivity contribution in [1.29, 1.82) is 0 Å². The van der Waals surface area contributed by atoms with Gasteiger partial charge in [0.15, 0.2) is 0 Å². The number of carbonyl (C=O) groups excluding carboxylic acids is 1. The Morgan fingerprint density at radius 1 is 1.42 bits per heavy atom. The van der Waals surface area contributed by atoms with Crippen LogP contribution in [0.15, 0.2) is 10.6 Å². The van der Waals surface area contributed by atoms with E-state index in [-0.39, 0.29) is 23.7 Å². The van der Waals surface area contributed by atoms with Gasteiger partial charge >= 0.3 is 0 Å². The summed E-state index contributed by atoms with van der Waals surface area (Å²) in [6.07, 6.45) is 3.25. The first-order chi connectivity index (χ1) is 10.9. The molecule has 1 saturated heterocycles. The molecular weight excluding hydrogens is 328 g/mol. The lowest BCUT2D eigenvalue weighted by molar-refractivity contribution is -0.118. The van der Waals surface area contributed by atoms with Crippen LogP contribution in [0.4, 0.5) is 5.88 Å². The van der Waals surface area contributed by atoms with E-state index < -0.39 is 0 Å². The minimum Gasteiger partial charge on any atom is -0.338 e. The Hall–Kier alpha value is -1.11. The Morgan fingerprint density at radius 3 is 2.62 bits per heavy atom. The van der Waals surface area contributed by atoms with Crippen LogP contribution < -0.4 is 10.6 Å². The minimum atomic E-state index is -0.0875. The van der Waals surface area contributed by atoms with Gasteiger partial charge in [0.2, 0.25) is 11.8 Å². The van der Waals surface area contributed by atoms with Gasteiger partial charge in [0.05, 0.1) is 12.2 Å². The summed E-state index contributed by atoms with van der Waals surface area (Å²) in [5.74, 6) is 0.398. The summed E-state index contributed by atoms with van der Waals surface area (Å²) >= 11 is 0. The predicted molar refractivity (Wildman–Crippen MR) is 98.8 cm³/mol. The molecule has 0 bridgehead atoms. The summed E-state index contributed by atoms with van der Waals surface area (Å²) in [5, 5.41) is 10.2. The highest BCUT2D eigenvalue weighted by molar-refractivity contribution is 5.91. The van der Waals surface area contributed by atoms with Gasteiger partial charge in [-0.25, -0.2) is 0 Å². The third-order valence-electron chi connectivity index (χ3n) is 4.22. The van der Waals surface area contributed by atoms with E-state index >= 15 is 0 Å². The van der Waals surface area contributed by atoms with Crippen LogP contribution in [-0.2, 0) is 10.2 Å². The number of rotatable bonds is 6. The molecule has 0 radical (unpaired) electrons. The van der Waals surface area contributed by atoms with E-state index in [1.54, 1.807) is 0 Å². The SMILES string of the molecule is CCCN(CC(=O)Nc1cc(C(C)(C)C)no1)C1CCNCC1.Cl. The van der Waals surface area contributed by atoms with Crippen molar-refractivity contribution in [3.63, 3.8) is 0 Å². The Labute approximate surface area is 151 Å². The van der Waals surface area contributed by atoms with E-state index in [0.29, 0.717) is 18.5 Å². The number of piperidine rings is 1. The molecule has 1 fully saturated rings. The molecule has 138 valence electrons. The van der Waals surface area contributed by atoms with Gasteiger partial charge in [0, 0.05) is 17.5 Å². The number of carbonyl (C=O) groups is 1. The molecule has 1 aliphatic heterocycles. The monoisotopic (exact) mass is 358 g/mol. The van der Waals surface area contributed by atoms with Crippen molar-refractivity contribution in [3.8, 4) is 0 Å². The molecule has 0 aromatic carbocycles. The van der Waals surface area contributed by atoms with Crippen molar-refractivity contribution < 1.29 is 9.32 Å². The molecule has 0 spiro atoms. The fourth-order valence-electron chi connectivity index (χ4n) is 2.90. The van der Waals surface area contributed by atoms with Gasteiger partial charge < -0.3 is 9.84 Å². The van der Waals surface area contributed by atoms with Crippen molar-refractivity contribution in [2.75, 3.05) is 31.5 Å². The molecule has 2 heterocycles. The summed E-state index contributed by atoms with van der Waals surface area (Å²) in [6.45, 7) is 11.8. The summed E-state index contributed by atoms with van der Waals surface area (Å²) in [4.78, 5) is 14.6. The lowest BCUT2D eigenvalue weighted by Gasteiger charge is -2.33. The number of amides is 1. The van der Waals surface area contributed by atoms with E-state index in [0.717, 1.165) is 44.6 Å². The molecule has 0 saturated carbocycles. The zero-order valence-electron chi connectivity index (χ0n) is 15.2. The second-order valence-corrected chi connectivity index (χ2v) is 7.33. The number of nitrogens with zero attached hydrogens (tertiary/aromatic N) is 2. The second-order valence-electron chi connectivity index (χ2n) is 7.33. The molecule has 1 amide bonds. The molecule has 2 N–H and O–H groups in total. The fraction of sp³-hybridized carbons (Fsp3) is 0.765. The van der Waals surface area contributed by atoms with Gasteiger partial charge in [-0.3, -0.25) is 15.0 Å². The first kappa shape index (κ1) is 20.9. The van der Waals surface area contributed by atoms with E-state index in [4.69, 9.17) is 4.52 Å². The van der Waals surface area contributed by atoms with Gasteiger partial charge in [0.1, 0.15) is 0 Å². The number of hydrogen-bond acceptors (Lipinski definition) is 5. The molecule has 1 aromatic rings. The van der Waals surface area contributed by atoms with Crippen LogP contribution in [0.1, 0.15) is 52.7 Å². The first-order valence-corrected chi connectivity index (χ1v) is 8.62. The largest absolute Gasteiger partial charge is 0.338 e. The van der Waals surface area contributed by atoms with Crippen LogP contribution in [0.25, 0.3) is 0 Å². The van der Waals surface area contributed by atoms with Crippen LogP contribution in [0, 0.1) is 0 Å². The smallest absolute Gasteiger partial charge is 0.240 e. The molecule has 24 heavy (non-hydrogen) atoms. The van der Waals surface area contributed by atoms with Gasteiger partial charge in [0.25, 0.3) is 0 Å². The third kappa shape index (κ3) is 6.07. The zero-order valence-corrected chi connectivity index (χ0v) is 16.0. The number of nitrogens with one attached hydrogen (secondary N) is 2. The Bertz CT molecular complexity index is 507. The molecule has 2 rings (SSSR count). The van der Waals surface area contributed by atoms with Gasteiger partial charge in [-0.05, 0) is 38.9 Å². The number of anilines is 1. The number of hydrogen-bond donors (Lipinski definition) is 2.